The molecule has 1 fully saturated rings. The van der Waals surface area contributed by atoms with E-state index in [9.17, 15) is 17.6 Å². The first-order valence-electron chi connectivity index (χ1n) is 6.67. The molecule has 1 saturated carbocycles. The summed E-state index contributed by atoms with van der Waals surface area (Å²) in [5.41, 5.74) is 2.56. The Morgan fingerprint density at radius 3 is 2.21 bits per heavy atom. The minimum absolute atomic E-state index is 0.0660. The fraction of sp³-hybridized carbons (Fsp3) is 1.00. The summed E-state index contributed by atoms with van der Waals surface area (Å²) in [4.78, 5) is 0. The number of ether oxygens (including phenoxy) is 1. The minimum Gasteiger partial charge on any atom is -0.373 e. The summed E-state index contributed by atoms with van der Waals surface area (Å²) in [7, 11) is 0. The molecule has 1 aliphatic carbocycles. The number of rotatable bonds is 7. The number of nitrogens with two attached hydrogens (primary N) is 1. The predicted octanol–water partition coefficient (Wildman–Crippen LogP) is 2.71. The highest BCUT2D eigenvalue weighted by Gasteiger charge is 2.41. The molecule has 19 heavy (non-hydrogen) atoms. The number of hydrogen-bond acceptors (Lipinski definition) is 3. The molecule has 3 nitrogen and oxygen atoms in total. The molecule has 0 spiro atoms. The normalized spacial score (nSPS) is 20.5. The van der Waals surface area contributed by atoms with E-state index < -0.39 is 19.0 Å². The molecule has 7 heteroatoms. The van der Waals surface area contributed by atoms with Crippen LogP contribution in [0.25, 0.3) is 0 Å². The number of alkyl halides is 4. The van der Waals surface area contributed by atoms with Gasteiger partial charge in [-0.3, -0.25) is 11.3 Å². The van der Waals surface area contributed by atoms with Crippen LogP contribution in [0.3, 0.4) is 0 Å². The molecule has 0 saturated heterocycles. The Morgan fingerprint density at radius 2 is 1.74 bits per heavy atom. The maximum atomic E-state index is 12.7. The molecule has 0 aromatic carbocycles. The van der Waals surface area contributed by atoms with E-state index in [1.807, 2.05) is 0 Å². The predicted molar refractivity (Wildman–Crippen MR) is 64.1 cm³/mol. The summed E-state index contributed by atoms with van der Waals surface area (Å²) in [5, 5.41) is 0. The third kappa shape index (κ3) is 5.62. The minimum atomic E-state index is -4.09. The average molecular weight is 286 g/mol. The summed E-state index contributed by atoms with van der Waals surface area (Å²) in [5.74, 6) is 1.56. The van der Waals surface area contributed by atoms with Crippen molar-refractivity contribution >= 4 is 0 Å². The van der Waals surface area contributed by atoms with Gasteiger partial charge < -0.3 is 4.74 Å². The van der Waals surface area contributed by atoms with Crippen LogP contribution in [0.5, 0.6) is 0 Å². The second-order valence-electron chi connectivity index (χ2n) is 5.10. The lowest BCUT2D eigenvalue weighted by Gasteiger charge is -2.26. The van der Waals surface area contributed by atoms with Crippen LogP contribution in [0, 0.1) is 5.92 Å². The molecule has 0 amide bonds. The Kier molecular flexibility index (Phi) is 7.02. The van der Waals surface area contributed by atoms with Gasteiger partial charge in [0.2, 0.25) is 0 Å². The lowest BCUT2D eigenvalue weighted by Crippen LogP contribution is -2.45. The van der Waals surface area contributed by atoms with Crippen LogP contribution in [0.1, 0.15) is 38.5 Å². The Hall–Kier alpha value is -0.400. The molecular formula is C12H22F4N2O. The zero-order valence-electron chi connectivity index (χ0n) is 10.9. The van der Waals surface area contributed by atoms with Gasteiger partial charge in [0, 0.05) is 6.04 Å². The van der Waals surface area contributed by atoms with Crippen LogP contribution >= 0.6 is 0 Å². The third-order valence-electron chi connectivity index (χ3n) is 3.59. The van der Waals surface area contributed by atoms with Crippen LogP contribution < -0.4 is 11.3 Å². The standard InChI is InChI=1S/C12H22F4N2O/c13-11(14)12(15,16)8-19-7-10(18-17)9-5-3-1-2-4-6-9/h9-11,18H,1-8,17H2. The maximum Gasteiger partial charge on any atom is 0.330 e. The molecule has 0 bridgehead atoms. The Bertz CT molecular complexity index is 246. The van der Waals surface area contributed by atoms with Crippen LogP contribution in [0.4, 0.5) is 17.6 Å². The molecule has 0 aliphatic heterocycles. The molecular weight excluding hydrogens is 264 g/mol. The van der Waals surface area contributed by atoms with Crippen molar-refractivity contribution < 1.29 is 22.3 Å². The van der Waals surface area contributed by atoms with E-state index in [1.54, 1.807) is 0 Å². The topological polar surface area (TPSA) is 47.3 Å². The van der Waals surface area contributed by atoms with Gasteiger partial charge in [-0.05, 0) is 18.8 Å². The molecule has 1 aliphatic rings. The van der Waals surface area contributed by atoms with Gasteiger partial charge in [-0.2, -0.15) is 8.78 Å². The van der Waals surface area contributed by atoms with E-state index in [4.69, 9.17) is 10.6 Å². The maximum absolute atomic E-state index is 12.7. The second kappa shape index (κ2) is 8.01. The quantitative estimate of drug-likeness (QED) is 0.327. The SMILES string of the molecule is NNC(COCC(F)(F)C(F)F)C1CCCCCC1. The molecule has 1 unspecified atom stereocenters. The molecule has 1 rings (SSSR count). The first-order chi connectivity index (χ1) is 8.97. The smallest absolute Gasteiger partial charge is 0.330 e. The summed E-state index contributed by atoms with van der Waals surface area (Å²) in [6.07, 6.45) is 2.71. The van der Waals surface area contributed by atoms with E-state index >= 15 is 0 Å². The van der Waals surface area contributed by atoms with Crippen LogP contribution in [0.15, 0.2) is 0 Å². The zero-order valence-corrected chi connectivity index (χ0v) is 10.9. The van der Waals surface area contributed by atoms with Gasteiger partial charge in [-0.25, -0.2) is 8.78 Å². The van der Waals surface area contributed by atoms with Gasteiger partial charge in [0.15, 0.2) is 0 Å². The highest BCUT2D eigenvalue weighted by molar-refractivity contribution is 4.77. The number of hydrogen-bond donors (Lipinski definition) is 2. The van der Waals surface area contributed by atoms with Gasteiger partial charge in [0.1, 0.15) is 6.61 Å². The van der Waals surface area contributed by atoms with Crippen LogP contribution in [-0.2, 0) is 4.74 Å². The Labute approximate surface area is 110 Å². The summed E-state index contributed by atoms with van der Waals surface area (Å²) < 4.78 is 54.0. The molecule has 0 aromatic heterocycles. The van der Waals surface area contributed by atoms with Crippen LogP contribution in [-0.4, -0.2) is 31.6 Å². The van der Waals surface area contributed by atoms with Crippen molar-refractivity contribution in [3.8, 4) is 0 Å². The number of halogens is 4. The lowest BCUT2D eigenvalue weighted by molar-refractivity contribution is -0.167. The van der Waals surface area contributed by atoms with Crippen molar-refractivity contribution in [2.24, 2.45) is 11.8 Å². The van der Waals surface area contributed by atoms with Gasteiger partial charge in [-0.15, -0.1) is 0 Å². The Morgan fingerprint density at radius 1 is 1.16 bits per heavy atom. The first-order valence-corrected chi connectivity index (χ1v) is 6.67. The molecule has 3 N–H and O–H groups in total. The van der Waals surface area contributed by atoms with E-state index in [0.717, 1.165) is 38.5 Å². The summed E-state index contributed by atoms with van der Waals surface area (Å²) in [6.45, 7) is -1.33. The number of nitrogens with one attached hydrogen (secondary N) is 1. The van der Waals surface area contributed by atoms with Crippen LogP contribution in [0.2, 0.25) is 0 Å². The van der Waals surface area contributed by atoms with Gasteiger partial charge in [0.25, 0.3) is 0 Å². The van der Waals surface area contributed by atoms with Crippen molar-refractivity contribution in [1.82, 2.24) is 5.43 Å². The molecule has 114 valence electrons. The molecule has 0 radical (unpaired) electrons. The van der Waals surface area contributed by atoms with E-state index in [1.165, 1.54) is 0 Å². The van der Waals surface area contributed by atoms with E-state index in [2.05, 4.69) is 5.43 Å². The van der Waals surface area contributed by atoms with E-state index in [0.29, 0.717) is 0 Å². The molecule has 0 heterocycles. The second-order valence-corrected chi connectivity index (χ2v) is 5.10. The summed E-state index contributed by atoms with van der Waals surface area (Å²) >= 11 is 0. The van der Waals surface area contributed by atoms with E-state index in [-0.39, 0.29) is 18.6 Å². The highest BCUT2D eigenvalue weighted by Crippen LogP contribution is 2.26. The monoisotopic (exact) mass is 286 g/mol. The van der Waals surface area contributed by atoms with Crippen molar-refractivity contribution in [3.05, 3.63) is 0 Å². The largest absolute Gasteiger partial charge is 0.373 e. The van der Waals surface area contributed by atoms with Crippen molar-refractivity contribution in [2.45, 2.75) is 56.9 Å². The highest BCUT2D eigenvalue weighted by atomic mass is 19.3. The van der Waals surface area contributed by atoms with Gasteiger partial charge in [-0.1, -0.05) is 25.7 Å². The van der Waals surface area contributed by atoms with Crippen molar-refractivity contribution in [2.75, 3.05) is 13.2 Å². The van der Waals surface area contributed by atoms with Gasteiger partial charge in [0.05, 0.1) is 6.61 Å². The third-order valence-corrected chi connectivity index (χ3v) is 3.59. The Balaban J connectivity index is 2.35. The fourth-order valence-electron chi connectivity index (χ4n) is 2.42. The molecule has 1 atom stereocenters. The summed E-state index contributed by atoms with van der Waals surface area (Å²) in [6, 6.07) is -0.258. The fourth-order valence-corrected chi connectivity index (χ4v) is 2.42. The average Bonchev–Trinajstić information content (AvgIpc) is 2.63. The lowest BCUT2D eigenvalue weighted by atomic mass is 9.93. The zero-order chi connectivity index (χ0) is 14.3. The van der Waals surface area contributed by atoms with Crippen molar-refractivity contribution in [1.29, 1.82) is 0 Å². The van der Waals surface area contributed by atoms with Crippen molar-refractivity contribution in [3.63, 3.8) is 0 Å². The number of hydrazine groups is 1. The molecule has 0 aromatic rings. The first kappa shape index (κ1) is 16.7. The van der Waals surface area contributed by atoms with Gasteiger partial charge >= 0.3 is 12.3 Å².